The lowest BCUT2D eigenvalue weighted by Gasteiger charge is -2.17. The van der Waals surface area contributed by atoms with Gasteiger partial charge in [-0.15, -0.1) is 0 Å². The van der Waals surface area contributed by atoms with E-state index in [-0.39, 0.29) is 11.5 Å². The Bertz CT molecular complexity index is 778. The minimum atomic E-state index is -0.103. The summed E-state index contributed by atoms with van der Waals surface area (Å²) in [6, 6.07) is 21.3. The van der Waals surface area contributed by atoms with E-state index in [9.17, 15) is 4.79 Å². The maximum absolute atomic E-state index is 12.2. The number of benzene rings is 2. The molecule has 3 heteroatoms. The van der Waals surface area contributed by atoms with Crippen molar-refractivity contribution in [1.82, 2.24) is 4.98 Å². The number of aromatic nitrogens is 1. The predicted octanol–water partition coefficient (Wildman–Crippen LogP) is 4.21. The van der Waals surface area contributed by atoms with Gasteiger partial charge in [-0.1, -0.05) is 60.1 Å². The zero-order valence-electron chi connectivity index (χ0n) is 11.3. The molecule has 2 aromatic carbocycles. The summed E-state index contributed by atoms with van der Waals surface area (Å²) in [5.74, 6) is -0.103. The molecule has 1 aromatic heterocycles. The van der Waals surface area contributed by atoms with Crippen LogP contribution in [0.4, 0.5) is 0 Å². The molecule has 0 spiro atoms. The fourth-order valence-corrected chi connectivity index (χ4v) is 2.64. The molecule has 1 atom stereocenters. The molecule has 0 aliphatic carbocycles. The quantitative estimate of drug-likeness (QED) is 0.771. The smallest absolute Gasteiger partial charge is 0.252 e. The number of hydrogen-bond donors (Lipinski definition) is 1. The van der Waals surface area contributed by atoms with Crippen LogP contribution in [0.15, 0.2) is 77.7 Å². The molecule has 0 aliphatic rings. The standard InChI is InChI=1S/C18H14ClNO/c19-15-10-8-14(9-11-15)17(13-5-2-1-3-6-13)16-7-4-12-20-18(16)21/h1-12,17H,(H,20,21). The van der Waals surface area contributed by atoms with Crippen molar-refractivity contribution >= 4 is 11.6 Å². The van der Waals surface area contributed by atoms with Gasteiger partial charge in [0, 0.05) is 22.7 Å². The zero-order chi connectivity index (χ0) is 14.7. The minimum absolute atomic E-state index is 0.0682. The Hall–Kier alpha value is -2.32. The molecule has 3 aromatic rings. The highest BCUT2D eigenvalue weighted by Gasteiger charge is 2.19. The van der Waals surface area contributed by atoms with Crippen LogP contribution in [-0.4, -0.2) is 4.98 Å². The number of rotatable bonds is 3. The Balaban J connectivity index is 2.19. The van der Waals surface area contributed by atoms with Crippen molar-refractivity contribution in [3.05, 3.63) is 105 Å². The van der Waals surface area contributed by atoms with Gasteiger partial charge in [0.2, 0.25) is 0 Å². The molecule has 1 heterocycles. The van der Waals surface area contributed by atoms with E-state index in [1.54, 1.807) is 6.20 Å². The number of aromatic amines is 1. The van der Waals surface area contributed by atoms with Crippen molar-refractivity contribution in [1.29, 1.82) is 0 Å². The van der Waals surface area contributed by atoms with Crippen LogP contribution >= 0.6 is 11.6 Å². The molecule has 0 amide bonds. The third-order valence-electron chi connectivity index (χ3n) is 3.50. The van der Waals surface area contributed by atoms with Crippen LogP contribution in [0.2, 0.25) is 5.02 Å². The van der Waals surface area contributed by atoms with E-state index in [1.807, 2.05) is 66.7 Å². The molecule has 1 unspecified atom stereocenters. The first kappa shape index (κ1) is 13.7. The van der Waals surface area contributed by atoms with E-state index in [0.29, 0.717) is 5.02 Å². The second kappa shape index (κ2) is 5.98. The summed E-state index contributed by atoms with van der Waals surface area (Å²) in [5.41, 5.74) is 2.78. The van der Waals surface area contributed by atoms with Crippen molar-refractivity contribution in [2.75, 3.05) is 0 Å². The summed E-state index contributed by atoms with van der Waals surface area (Å²) in [6.07, 6.45) is 1.65. The van der Waals surface area contributed by atoms with Crippen LogP contribution in [0.3, 0.4) is 0 Å². The summed E-state index contributed by atoms with van der Waals surface area (Å²) < 4.78 is 0. The number of pyridine rings is 1. The molecule has 0 radical (unpaired) electrons. The lowest BCUT2D eigenvalue weighted by Crippen LogP contribution is -2.17. The molecule has 0 saturated carbocycles. The zero-order valence-corrected chi connectivity index (χ0v) is 12.0. The average molecular weight is 296 g/mol. The van der Waals surface area contributed by atoms with Crippen LogP contribution in [0.1, 0.15) is 22.6 Å². The van der Waals surface area contributed by atoms with E-state index < -0.39 is 0 Å². The van der Waals surface area contributed by atoms with E-state index >= 15 is 0 Å². The molecular weight excluding hydrogens is 282 g/mol. The summed E-state index contributed by atoms with van der Waals surface area (Å²) in [4.78, 5) is 14.9. The van der Waals surface area contributed by atoms with Crippen molar-refractivity contribution in [2.45, 2.75) is 5.92 Å². The van der Waals surface area contributed by atoms with E-state index in [1.165, 1.54) is 0 Å². The van der Waals surface area contributed by atoms with Gasteiger partial charge in [0.1, 0.15) is 0 Å². The van der Waals surface area contributed by atoms with Crippen molar-refractivity contribution in [3.8, 4) is 0 Å². The number of hydrogen-bond acceptors (Lipinski definition) is 1. The molecule has 3 rings (SSSR count). The summed E-state index contributed by atoms with van der Waals surface area (Å²) in [5, 5.41) is 0.688. The molecule has 2 nitrogen and oxygen atoms in total. The van der Waals surface area contributed by atoms with Crippen LogP contribution in [-0.2, 0) is 0 Å². The van der Waals surface area contributed by atoms with Crippen LogP contribution < -0.4 is 5.56 Å². The molecule has 0 aliphatic heterocycles. The van der Waals surface area contributed by atoms with Gasteiger partial charge in [-0.25, -0.2) is 0 Å². The van der Waals surface area contributed by atoms with Gasteiger partial charge in [-0.2, -0.15) is 0 Å². The molecule has 21 heavy (non-hydrogen) atoms. The lowest BCUT2D eigenvalue weighted by molar-refractivity contribution is 0.942. The Morgan fingerprint density at radius 1 is 0.810 bits per heavy atom. The molecule has 0 saturated heterocycles. The first-order valence-corrected chi connectivity index (χ1v) is 7.11. The summed E-state index contributed by atoms with van der Waals surface area (Å²) in [6.45, 7) is 0. The maximum Gasteiger partial charge on any atom is 0.252 e. The Labute approximate surface area is 128 Å². The first-order chi connectivity index (χ1) is 10.3. The van der Waals surface area contributed by atoms with Gasteiger partial charge in [0.25, 0.3) is 5.56 Å². The van der Waals surface area contributed by atoms with Gasteiger partial charge in [-0.3, -0.25) is 4.79 Å². The summed E-state index contributed by atoms with van der Waals surface area (Å²) >= 11 is 5.97. The van der Waals surface area contributed by atoms with E-state index in [4.69, 9.17) is 11.6 Å². The second-order valence-electron chi connectivity index (χ2n) is 4.85. The molecule has 0 bridgehead atoms. The van der Waals surface area contributed by atoms with Crippen LogP contribution in [0.5, 0.6) is 0 Å². The second-order valence-corrected chi connectivity index (χ2v) is 5.29. The van der Waals surface area contributed by atoms with Crippen LogP contribution in [0, 0.1) is 0 Å². The number of halogens is 1. The van der Waals surface area contributed by atoms with Gasteiger partial charge < -0.3 is 4.98 Å². The van der Waals surface area contributed by atoms with E-state index in [0.717, 1.165) is 16.7 Å². The highest BCUT2D eigenvalue weighted by Crippen LogP contribution is 2.30. The fourth-order valence-electron chi connectivity index (χ4n) is 2.51. The highest BCUT2D eigenvalue weighted by molar-refractivity contribution is 6.30. The lowest BCUT2D eigenvalue weighted by atomic mass is 9.86. The molecule has 104 valence electrons. The van der Waals surface area contributed by atoms with Gasteiger partial charge in [0.05, 0.1) is 0 Å². The normalized spacial score (nSPS) is 12.0. The third kappa shape index (κ3) is 2.91. The molecule has 0 fully saturated rings. The molecular formula is C18H14ClNO. The Morgan fingerprint density at radius 3 is 2.14 bits per heavy atom. The Kier molecular flexibility index (Phi) is 3.89. The maximum atomic E-state index is 12.2. The van der Waals surface area contributed by atoms with Gasteiger partial charge in [-0.05, 0) is 29.3 Å². The number of H-pyrrole nitrogens is 1. The van der Waals surface area contributed by atoms with Gasteiger partial charge >= 0.3 is 0 Å². The SMILES string of the molecule is O=c1[nH]cccc1C(c1ccccc1)c1ccc(Cl)cc1. The highest BCUT2D eigenvalue weighted by atomic mass is 35.5. The number of nitrogens with one attached hydrogen (secondary N) is 1. The van der Waals surface area contributed by atoms with E-state index in [2.05, 4.69) is 4.98 Å². The first-order valence-electron chi connectivity index (χ1n) is 6.74. The van der Waals surface area contributed by atoms with Crippen LogP contribution in [0.25, 0.3) is 0 Å². The van der Waals surface area contributed by atoms with Gasteiger partial charge in [0.15, 0.2) is 0 Å². The largest absolute Gasteiger partial charge is 0.329 e. The van der Waals surface area contributed by atoms with Crippen molar-refractivity contribution < 1.29 is 0 Å². The monoisotopic (exact) mass is 295 g/mol. The summed E-state index contributed by atoms with van der Waals surface area (Å²) in [7, 11) is 0. The van der Waals surface area contributed by atoms with Crippen molar-refractivity contribution in [2.24, 2.45) is 0 Å². The average Bonchev–Trinajstić information content (AvgIpc) is 2.52. The topological polar surface area (TPSA) is 32.9 Å². The Morgan fingerprint density at radius 2 is 1.48 bits per heavy atom. The predicted molar refractivity (Wildman–Crippen MR) is 85.9 cm³/mol. The minimum Gasteiger partial charge on any atom is -0.329 e. The third-order valence-corrected chi connectivity index (χ3v) is 3.75. The molecule has 1 N–H and O–H groups in total. The fraction of sp³-hybridized carbons (Fsp3) is 0.0556. The van der Waals surface area contributed by atoms with Crippen molar-refractivity contribution in [3.63, 3.8) is 0 Å².